The molecular formula is C19H29NO3. The Morgan fingerprint density at radius 3 is 2.65 bits per heavy atom. The van der Waals surface area contributed by atoms with Gasteiger partial charge >= 0.3 is 0 Å². The Hall–Kier alpha value is -1.71. The maximum absolute atomic E-state index is 12.8. The molecule has 2 N–H and O–H groups in total. The minimum atomic E-state index is -0.0137. The van der Waals surface area contributed by atoms with Crippen molar-refractivity contribution < 1.29 is 14.6 Å². The van der Waals surface area contributed by atoms with E-state index >= 15 is 0 Å². The second kappa shape index (κ2) is 6.81. The van der Waals surface area contributed by atoms with Crippen molar-refractivity contribution in [2.45, 2.75) is 47.0 Å². The molecule has 1 aromatic rings. The van der Waals surface area contributed by atoms with Crippen molar-refractivity contribution >= 4 is 11.6 Å². The first-order chi connectivity index (χ1) is 10.7. The Labute approximate surface area is 139 Å². The molecule has 2 rings (SSSR count). The van der Waals surface area contributed by atoms with E-state index in [9.17, 15) is 9.90 Å². The van der Waals surface area contributed by atoms with Crippen LogP contribution in [0.4, 0.5) is 5.69 Å². The molecular weight excluding hydrogens is 290 g/mol. The van der Waals surface area contributed by atoms with Crippen LogP contribution in [0.2, 0.25) is 0 Å². The first-order valence-electron chi connectivity index (χ1n) is 8.41. The van der Waals surface area contributed by atoms with Crippen LogP contribution in [-0.2, 0) is 4.79 Å². The van der Waals surface area contributed by atoms with E-state index in [1.807, 2.05) is 0 Å². The number of nitrogens with one attached hydrogen (secondary N) is 1. The Balaban J connectivity index is 2.16. The van der Waals surface area contributed by atoms with Crippen LogP contribution < -0.4 is 10.1 Å². The van der Waals surface area contributed by atoms with Gasteiger partial charge < -0.3 is 15.2 Å². The highest BCUT2D eigenvalue weighted by atomic mass is 16.5. The maximum atomic E-state index is 12.8. The molecule has 1 amide bonds. The van der Waals surface area contributed by atoms with Gasteiger partial charge in [-0.2, -0.15) is 0 Å². The van der Waals surface area contributed by atoms with Gasteiger partial charge in [0.05, 0.1) is 12.8 Å². The SMILES string of the molecule is COc1ccc(NC(=O)C2CC(C)(C)CCC2C(C)C)c(O)c1. The number of carbonyl (C=O) groups excluding carboxylic acids is 1. The van der Waals surface area contributed by atoms with E-state index in [1.165, 1.54) is 6.07 Å². The molecule has 2 atom stereocenters. The molecule has 0 aliphatic heterocycles. The first-order valence-corrected chi connectivity index (χ1v) is 8.41. The molecule has 1 aliphatic rings. The molecule has 0 radical (unpaired) electrons. The van der Waals surface area contributed by atoms with E-state index in [0.717, 1.165) is 19.3 Å². The lowest BCUT2D eigenvalue weighted by Crippen LogP contribution is -2.39. The van der Waals surface area contributed by atoms with Gasteiger partial charge in [-0.05, 0) is 48.6 Å². The number of benzene rings is 1. The van der Waals surface area contributed by atoms with Crippen LogP contribution in [0.1, 0.15) is 47.0 Å². The predicted octanol–water partition coefficient (Wildman–Crippen LogP) is 4.44. The van der Waals surface area contributed by atoms with Gasteiger partial charge in [0.25, 0.3) is 0 Å². The molecule has 4 heteroatoms. The van der Waals surface area contributed by atoms with Crippen LogP contribution in [0.5, 0.6) is 11.5 Å². The van der Waals surface area contributed by atoms with Gasteiger partial charge in [-0.1, -0.05) is 27.7 Å². The van der Waals surface area contributed by atoms with Crippen molar-refractivity contribution in [3.8, 4) is 11.5 Å². The smallest absolute Gasteiger partial charge is 0.227 e. The summed E-state index contributed by atoms with van der Waals surface area (Å²) in [6, 6.07) is 4.94. The Kier molecular flexibility index (Phi) is 5.23. The van der Waals surface area contributed by atoms with Crippen LogP contribution in [0.3, 0.4) is 0 Å². The van der Waals surface area contributed by atoms with Gasteiger partial charge in [0.2, 0.25) is 5.91 Å². The maximum Gasteiger partial charge on any atom is 0.227 e. The van der Waals surface area contributed by atoms with Crippen molar-refractivity contribution in [1.29, 1.82) is 0 Å². The number of phenolic OH excluding ortho intramolecular Hbond substituents is 1. The van der Waals surface area contributed by atoms with Crippen molar-refractivity contribution in [2.24, 2.45) is 23.2 Å². The van der Waals surface area contributed by atoms with Gasteiger partial charge in [-0.3, -0.25) is 4.79 Å². The second-order valence-corrected chi connectivity index (χ2v) is 7.79. The summed E-state index contributed by atoms with van der Waals surface area (Å²) >= 11 is 0. The van der Waals surface area contributed by atoms with E-state index in [2.05, 4.69) is 33.0 Å². The highest BCUT2D eigenvalue weighted by molar-refractivity contribution is 5.94. The molecule has 4 nitrogen and oxygen atoms in total. The molecule has 0 bridgehead atoms. The summed E-state index contributed by atoms with van der Waals surface area (Å²) in [4.78, 5) is 12.8. The summed E-state index contributed by atoms with van der Waals surface area (Å²) in [5, 5.41) is 13.0. The van der Waals surface area contributed by atoms with Crippen LogP contribution in [0, 0.1) is 23.2 Å². The summed E-state index contributed by atoms with van der Waals surface area (Å²) in [5.74, 6) is 1.47. The lowest BCUT2D eigenvalue weighted by Gasteiger charge is -2.41. The average molecular weight is 319 g/mol. The third kappa shape index (κ3) is 4.18. The Morgan fingerprint density at radius 2 is 2.09 bits per heavy atom. The van der Waals surface area contributed by atoms with Gasteiger partial charge in [0.15, 0.2) is 0 Å². The zero-order chi connectivity index (χ0) is 17.2. The lowest BCUT2D eigenvalue weighted by atomic mass is 9.64. The molecule has 128 valence electrons. The zero-order valence-corrected chi connectivity index (χ0v) is 14.8. The van der Waals surface area contributed by atoms with E-state index in [0.29, 0.717) is 23.3 Å². The minimum absolute atomic E-state index is 0.0111. The average Bonchev–Trinajstić information content (AvgIpc) is 2.47. The molecule has 0 heterocycles. The number of hydrogen-bond donors (Lipinski definition) is 2. The molecule has 0 saturated heterocycles. The van der Waals surface area contributed by atoms with Gasteiger partial charge in [-0.15, -0.1) is 0 Å². The lowest BCUT2D eigenvalue weighted by molar-refractivity contribution is -0.125. The van der Waals surface area contributed by atoms with Crippen molar-refractivity contribution in [3.05, 3.63) is 18.2 Å². The fraction of sp³-hybridized carbons (Fsp3) is 0.632. The highest BCUT2D eigenvalue weighted by Crippen LogP contribution is 2.45. The number of phenols is 1. The fourth-order valence-electron chi connectivity index (χ4n) is 3.66. The van der Waals surface area contributed by atoms with Crippen molar-refractivity contribution in [1.82, 2.24) is 0 Å². The van der Waals surface area contributed by atoms with Crippen LogP contribution in [-0.4, -0.2) is 18.1 Å². The molecule has 1 fully saturated rings. The third-order valence-electron chi connectivity index (χ3n) is 5.10. The third-order valence-corrected chi connectivity index (χ3v) is 5.10. The van der Waals surface area contributed by atoms with Crippen molar-refractivity contribution in [3.63, 3.8) is 0 Å². The number of amides is 1. The molecule has 0 spiro atoms. The fourth-order valence-corrected chi connectivity index (χ4v) is 3.66. The summed E-state index contributed by atoms with van der Waals surface area (Å²) < 4.78 is 5.07. The summed E-state index contributed by atoms with van der Waals surface area (Å²) in [7, 11) is 1.55. The number of hydrogen-bond acceptors (Lipinski definition) is 3. The van der Waals surface area contributed by atoms with Gasteiger partial charge in [-0.25, -0.2) is 0 Å². The zero-order valence-electron chi connectivity index (χ0n) is 14.8. The quantitative estimate of drug-likeness (QED) is 0.807. The molecule has 23 heavy (non-hydrogen) atoms. The largest absolute Gasteiger partial charge is 0.506 e. The summed E-state index contributed by atoms with van der Waals surface area (Å²) in [6.07, 6.45) is 3.13. The second-order valence-electron chi connectivity index (χ2n) is 7.79. The number of ether oxygens (including phenoxy) is 1. The van der Waals surface area contributed by atoms with Gasteiger partial charge in [0, 0.05) is 12.0 Å². The number of anilines is 1. The number of methoxy groups -OCH3 is 1. The molecule has 2 unspecified atom stereocenters. The summed E-state index contributed by atoms with van der Waals surface area (Å²) in [6.45, 7) is 8.84. The van der Waals surface area contributed by atoms with E-state index < -0.39 is 0 Å². The molecule has 1 saturated carbocycles. The first kappa shape index (κ1) is 17.6. The molecule has 1 aliphatic carbocycles. The van der Waals surface area contributed by atoms with Crippen LogP contribution in [0.25, 0.3) is 0 Å². The Bertz CT molecular complexity index is 566. The Morgan fingerprint density at radius 1 is 1.39 bits per heavy atom. The van der Waals surface area contributed by atoms with Crippen LogP contribution >= 0.6 is 0 Å². The predicted molar refractivity (Wildman–Crippen MR) is 92.7 cm³/mol. The van der Waals surface area contributed by atoms with E-state index in [-0.39, 0.29) is 23.0 Å². The topological polar surface area (TPSA) is 58.6 Å². The molecule has 0 aromatic heterocycles. The summed E-state index contributed by atoms with van der Waals surface area (Å²) in [5.41, 5.74) is 0.636. The minimum Gasteiger partial charge on any atom is -0.506 e. The van der Waals surface area contributed by atoms with Gasteiger partial charge in [0.1, 0.15) is 11.5 Å². The number of rotatable bonds is 4. The van der Waals surface area contributed by atoms with E-state index in [1.54, 1.807) is 19.2 Å². The monoisotopic (exact) mass is 319 g/mol. The normalized spacial score (nSPS) is 23.6. The number of aromatic hydroxyl groups is 1. The standard InChI is InChI=1S/C19H29NO3/c1-12(2)14-8-9-19(3,4)11-15(14)18(22)20-16-7-6-13(23-5)10-17(16)21/h6-7,10,12,14-15,21H,8-9,11H2,1-5H3,(H,20,22). The molecule has 1 aromatic carbocycles. The highest BCUT2D eigenvalue weighted by Gasteiger charge is 2.40. The van der Waals surface area contributed by atoms with Crippen molar-refractivity contribution in [2.75, 3.05) is 12.4 Å². The van der Waals surface area contributed by atoms with E-state index in [4.69, 9.17) is 4.74 Å². The number of carbonyl (C=O) groups is 1. The van der Waals surface area contributed by atoms with Crippen LogP contribution in [0.15, 0.2) is 18.2 Å².